The third-order valence-corrected chi connectivity index (χ3v) is 3.98. The van der Waals surface area contributed by atoms with Crippen LogP contribution in [0, 0.1) is 0 Å². The first-order valence-electron chi connectivity index (χ1n) is 5.08. The van der Waals surface area contributed by atoms with Gasteiger partial charge in [0.1, 0.15) is 5.56 Å². The Balaban J connectivity index is 2.34. The van der Waals surface area contributed by atoms with E-state index in [0.29, 0.717) is 5.02 Å². The lowest BCUT2D eigenvalue weighted by Gasteiger charge is -2.07. The average Bonchev–Trinajstić information content (AvgIpc) is 2.77. The smallest absolute Gasteiger partial charge is 0.339 e. The maximum absolute atomic E-state index is 12.0. The van der Waals surface area contributed by atoms with E-state index in [1.807, 2.05) is 0 Å². The molecule has 100 valence electrons. The van der Waals surface area contributed by atoms with Crippen molar-refractivity contribution in [1.29, 1.82) is 0 Å². The standard InChI is InChI=1S/C11H9ClN2O4S/c12-7-1-3-8(4-2-7)19(17,18)14-10-6-13-5-9(10)11(15)16/h1-6,13-14H,(H,15,16). The molecule has 0 bridgehead atoms. The van der Waals surface area contributed by atoms with Crippen molar-refractivity contribution < 1.29 is 18.3 Å². The molecule has 0 atom stereocenters. The van der Waals surface area contributed by atoms with Crippen LogP contribution in [0.4, 0.5) is 5.69 Å². The third-order valence-electron chi connectivity index (χ3n) is 2.34. The third kappa shape index (κ3) is 2.88. The molecule has 0 fully saturated rings. The second-order valence-corrected chi connectivity index (χ2v) is 5.77. The number of carboxylic acids is 1. The van der Waals surface area contributed by atoms with E-state index in [2.05, 4.69) is 9.71 Å². The van der Waals surface area contributed by atoms with Crippen LogP contribution >= 0.6 is 11.6 Å². The number of carboxylic acid groups (broad SMARTS) is 1. The second kappa shape index (κ2) is 4.94. The summed E-state index contributed by atoms with van der Waals surface area (Å²) < 4.78 is 26.3. The molecule has 0 unspecified atom stereocenters. The van der Waals surface area contributed by atoms with Crippen molar-refractivity contribution in [3.8, 4) is 0 Å². The van der Waals surface area contributed by atoms with Crippen molar-refractivity contribution in [1.82, 2.24) is 4.98 Å². The highest BCUT2D eigenvalue weighted by molar-refractivity contribution is 7.92. The molecule has 0 aliphatic rings. The fourth-order valence-corrected chi connectivity index (χ4v) is 2.64. The lowest BCUT2D eigenvalue weighted by Crippen LogP contribution is -2.14. The Morgan fingerprint density at radius 1 is 1.21 bits per heavy atom. The number of H-pyrrole nitrogens is 1. The normalized spacial score (nSPS) is 11.2. The van der Waals surface area contributed by atoms with E-state index in [9.17, 15) is 13.2 Å². The quantitative estimate of drug-likeness (QED) is 0.805. The van der Waals surface area contributed by atoms with Gasteiger partial charge in [0.05, 0.1) is 10.6 Å². The van der Waals surface area contributed by atoms with Gasteiger partial charge < -0.3 is 10.1 Å². The maximum atomic E-state index is 12.0. The van der Waals surface area contributed by atoms with Gasteiger partial charge >= 0.3 is 5.97 Å². The highest BCUT2D eigenvalue weighted by atomic mass is 35.5. The Kier molecular flexibility index (Phi) is 3.50. The zero-order valence-corrected chi connectivity index (χ0v) is 11.0. The first kappa shape index (κ1) is 13.4. The Bertz CT molecular complexity index is 707. The van der Waals surface area contributed by atoms with Gasteiger partial charge in [-0.25, -0.2) is 13.2 Å². The Morgan fingerprint density at radius 2 is 1.84 bits per heavy atom. The van der Waals surface area contributed by atoms with Gasteiger partial charge in [-0.05, 0) is 24.3 Å². The van der Waals surface area contributed by atoms with Crippen molar-refractivity contribution in [2.75, 3.05) is 4.72 Å². The minimum Gasteiger partial charge on any atom is -0.478 e. The van der Waals surface area contributed by atoms with E-state index in [-0.39, 0.29) is 16.1 Å². The molecule has 0 aliphatic heterocycles. The summed E-state index contributed by atoms with van der Waals surface area (Å²) in [7, 11) is -3.85. The summed E-state index contributed by atoms with van der Waals surface area (Å²) in [6, 6.07) is 5.53. The number of hydrogen-bond donors (Lipinski definition) is 3. The first-order valence-corrected chi connectivity index (χ1v) is 6.95. The van der Waals surface area contributed by atoms with Gasteiger partial charge in [-0.2, -0.15) is 0 Å². The first-order chi connectivity index (χ1) is 8.90. The number of aromatic amines is 1. The lowest BCUT2D eigenvalue weighted by molar-refractivity contribution is 0.0698. The second-order valence-electron chi connectivity index (χ2n) is 3.65. The zero-order valence-electron chi connectivity index (χ0n) is 9.42. The highest BCUT2D eigenvalue weighted by Crippen LogP contribution is 2.21. The fourth-order valence-electron chi connectivity index (χ4n) is 1.44. The van der Waals surface area contributed by atoms with Crippen molar-refractivity contribution in [2.45, 2.75) is 4.90 Å². The summed E-state index contributed by atoms with van der Waals surface area (Å²) in [6.45, 7) is 0. The molecular weight excluding hydrogens is 292 g/mol. The van der Waals surface area contributed by atoms with Crippen LogP contribution in [-0.2, 0) is 10.0 Å². The zero-order chi connectivity index (χ0) is 14.0. The number of aromatic carboxylic acids is 1. The number of nitrogens with one attached hydrogen (secondary N) is 2. The van der Waals surface area contributed by atoms with Gasteiger partial charge in [0, 0.05) is 17.4 Å². The van der Waals surface area contributed by atoms with Crippen LogP contribution in [0.2, 0.25) is 5.02 Å². The SMILES string of the molecule is O=C(O)c1c[nH]cc1NS(=O)(=O)c1ccc(Cl)cc1. The van der Waals surface area contributed by atoms with Gasteiger partial charge in [0.15, 0.2) is 0 Å². The summed E-state index contributed by atoms with van der Waals surface area (Å²) in [5.74, 6) is -1.23. The minimum absolute atomic E-state index is 0.00515. The summed E-state index contributed by atoms with van der Waals surface area (Å²) in [4.78, 5) is 13.4. The van der Waals surface area contributed by atoms with Crippen LogP contribution in [0.1, 0.15) is 10.4 Å². The summed E-state index contributed by atoms with van der Waals surface area (Å²) >= 11 is 5.67. The number of benzene rings is 1. The van der Waals surface area contributed by atoms with E-state index in [0.717, 1.165) is 0 Å². The summed E-state index contributed by atoms with van der Waals surface area (Å²) in [6.07, 6.45) is 2.46. The van der Waals surface area contributed by atoms with Gasteiger partial charge in [-0.15, -0.1) is 0 Å². The number of rotatable bonds is 4. The topological polar surface area (TPSA) is 99.3 Å². The van der Waals surface area contributed by atoms with Crippen molar-refractivity contribution in [3.05, 3.63) is 47.2 Å². The molecular formula is C11H9ClN2O4S. The predicted molar refractivity (Wildman–Crippen MR) is 70.0 cm³/mol. The molecule has 0 aliphatic carbocycles. The minimum atomic E-state index is -3.85. The summed E-state index contributed by atoms with van der Waals surface area (Å²) in [5, 5.41) is 9.30. The number of hydrogen-bond acceptors (Lipinski definition) is 3. The molecule has 1 aromatic heterocycles. The van der Waals surface area contributed by atoms with E-state index >= 15 is 0 Å². The number of sulfonamides is 1. The lowest BCUT2D eigenvalue weighted by atomic mass is 10.3. The number of anilines is 1. The molecule has 1 aromatic carbocycles. The molecule has 0 saturated heterocycles. The highest BCUT2D eigenvalue weighted by Gasteiger charge is 2.19. The van der Waals surface area contributed by atoms with Gasteiger partial charge in [0.25, 0.3) is 10.0 Å². The molecule has 19 heavy (non-hydrogen) atoms. The van der Waals surface area contributed by atoms with Crippen LogP contribution in [0.25, 0.3) is 0 Å². The van der Waals surface area contributed by atoms with Crippen molar-refractivity contribution >= 4 is 33.3 Å². The Morgan fingerprint density at radius 3 is 2.42 bits per heavy atom. The fraction of sp³-hybridized carbons (Fsp3) is 0. The van der Waals surface area contributed by atoms with Crippen LogP contribution < -0.4 is 4.72 Å². The molecule has 0 amide bonds. The largest absolute Gasteiger partial charge is 0.478 e. The molecule has 8 heteroatoms. The van der Waals surface area contributed by atoms with Crippen LogP contribution in [0.5, 0.6) is 0 Å². The van der Waals surface area contributed by atoms with E-state index in [1.54, 1.807) is 0 Å². The monoisotopic (exact) mass is 300 g/mol. The number of aromatic nitrogens is 1. The molecule has 2 aromatic rings. The molecule has 1 heterocycles. The molecule has 0 saturated carbocycles. The average molecular weight is 301 g/mol. The number of halogens is 1. The van der Waals surface area contributed by atoms with Crippen LogP contribution in [0.15, 0.2) is 41.6 Å². The Hall–Kier alpha value is -1.99. The van der Waals surface area contributed by atoms with E-state index < -0.39 is 16.0 Å². The van der Waals surface area contributed by atoms with Crippen LogP contribution in [-0.4, -0.2) is 24.5 Å². The molecule has 6 nitrogen and oxygen atoms in total. The molecule has 0 radical (unpaired) electrons. The van der Waals surface area contributed by atoms with Crippen LogP contribution in [0.3, 0.4) is 0 Å². The Labute approximate surface area is 114 Å². The van der Waals surface area contributed by atoms with Gasteiger partial charge in [0.2, 0.25) is 0 Å². The van der Waals surface area contributed by atoms with Crippen molar-refractivity contribution in [2.24, 2.45) is 0 Å². The summed E-state index contributed by atoms with van der Waals surface area (Å²) in [5.41, 5.74) is -0.181. The van der Waals surface area contributed by atoms with Gasteiger partial charge in [-0.3, -0.25) is 4.72 Å². The van der Waals surface area contributed by atoms with Gasteiger partial charge in [-0.1, -0.05) is 11.6 Å². The van der Waals surface area contributed by atoms with E-state index in [4.69, 9.17) is 16.7 Å². The molecule has 3 N–H and O–H groups in total. The number of carbonyl (C=O) groups is 1. The van der Waals surface area contributed by atoms with E-state index in [1.165, 1.54) is 36.7 Å². The predicted octanol–water partition coefficient (Wildman–Crippen LogP) is 2.17. The molecule has 2 rings (SSSR count). The maximum Gasteiger partial charge on any atom is 0.339 e. The van der Waals surface area contributed by atoms with Crippen molar-refractivity contribution in [3.63, 3.8) is 0 Å². The molecule has 0 spiro atoms.